The molecule has 0 aliphatic carbocycles. The Bertz CT molecular complexity index is 929. The fourth-order valence-electron chi connectivity index (χ4n) is 2.28. The number of anilines is 1. The molecule has 1 amide bonds. The maximum Gasteiger partial charge on any atom is 0.226 e. The standard InChI is InChI=1S/C19H15Cl3N2OS2/c20-12-3-6-14(7-4-12)26-9-1-2-18(25)24-19-23-17(11-27-19)15-10-13(21)5-8-16(15)22/h3-8,10-11H,1-2,9H2,(H,23,24,25). The van der Waals surface area contributed by atoms with Crippen LogP contribution in [0, 0.1) is 0 Å². The number of thioether (sulfide) groups is 1. The monoisotopic (exact) mass is 456 g/mol. The minimum Gasteiger partial charge on any atom is -0.302 e. The molecule has 0 saturated heterocycles. The van der Waals surface area contributed by atoms with Gasteiger partial charge in [-0.1, -0.05) is 34.8 Å². The summed E-state index contributed by atoms with van der Waals surface area (Å²) < 4.78 is 0. The van der Waals surface area contributed by atoms with E-state index in [2.05, 4.69) is 10.3 Å². The highest BCUT2D eigenvalue weighted by molar-refractivity contribution is 7.99. The number of rotatable bonds is 7. The van der Waals surface area contributed by atoms with Crippen LogP contribution in [0.4, 0.5) is 5.13 Å². The fraction of sp³-hybridized carbons (Fsp3) is 0.158. The number of benzene rings is 2. The van der Waals surface area contributed by atoms with Gasteiger partial charge in [-0.2, -0.15) is 0 Å². The zero-order valence-corrected chi connectivity index (χ0v) is 17.9. The highest BCUT2D eigenvalue weighted by atomic mass is 35.5. The van der Waals surface area contributed by atoms with Gasteiger partial charge in [0.15, 0.2) is 5.13 Å². The van der Waals surface area contributed by atoms with Gasteiger partial charge in [0.2, 0.25) is 5.91 Å². The first-order valence-electron chi connectivity index (χ1n) is 8.10. The van der Waals surface area contributed by atoms with Gasteiger partial charge in [-0.05, 0) is 54.6 Å². The Hall–Kier alpha value is -1.24. The first-order chi connectivity index (χ1) is 13.0. The predicted molar refractivity (Wildman–Crippen MR) is 118 cm³/mol. The molecule has 0 bridgehead atoms. The van der Waals surface area contributed by atoms with Gasteiger partial charge in [0.25, 0.3) is 0 Å². The number of amides is 1. The van der Waals surface area contributed by atoms with Crippen LogP contribution < -0.4 is 5.32 Å². The molecule has 0 aliphatic rings. The molecule has 0 atom stereocenters. The van der Waals surface area contributed by atoms with E-state index < -0.39 is 0 Å². The van der Waals surface area contributed by atoms with Crippen LogP contribution in [0.15, 0.2) is 52.7 Å². The number of carbonyl (C=O) groups is 1. The third-order valence-corrected chi connectivity index (χ3v) is 6.26. The van der Waals surface area contributed by atoms with E-state index >= 15 is 0 Å². The van der Waals surface area contributed by atoms with Crippen molar-refractivity contribution in [3.63, 3.8) is 0 Å². The van der Waals surface area contributed by atoms with E-state index in [9.17, 15) is 4.79 Å². The van der Waals surface area contributed by atoms with E-state index in [4.69, 9.17) is 34.8 Å². The summed E-state index contributed by atoms with van der Waals surface area (Å²) in [5.41, 5.74) is 1.45. The van der Waals surface area contributed by atoms with Crippen LogP contribution in [0.2, 0.25) is 15.1 Å². The summed E-state index contributed by atoms with van der Waals surface area (Å²) in [7, 11) is 0. The minimum absolute atomic E-state index is 0.0511. The maximum atomic E-state index is 12.1. The first-order valence-corrected chi connectivity index (χ1v) is 11.1. The van der Waals surface area contributed by atoms with E-state index in [1.165, 1.54) is 11.3 Å². The number of carbonyl (C=O) groups excluding carboxylic acids is 1. The number of thiazole rings is 1. The number of hydrogen-bond donors (Lipinski definition) is 1. The zero-order chi connectivity index (χ0) is 19.2. The van der Waals surface area contributed by atoms with Crippen molar-refractivity contribution in [1.82, 2.24) is 4.98 Å². The van der Waals surface area contributed by atoms with Gasteiger partial charge in [-0.25, -0.2) is 4.98 Å². The lowest BCUT2D eigenvalue weighted by Crippen LogP contribution is -2.11. The summed E-state index contributed by atoms with van der Waals surface area (Å²) in [4.78, 5) is 17.7. The molecule has 1 heterocycles. The van der Waals surface area contributed by atoms with Crippen LogP contribution in [0.5, 0.6) is 0 Å². The summed E-state index contributed by atoms with van der Waals surface area (Å²) in [5.74, 6) is 0.806. The summed E-state index contributed by atoms with van der Waals surface area (Å²) in [6.07, 6.45) is 1.21. The molecule has 3 aromatic rings. The lowest BCUT2D eigenvalue weighted by molar-refractivity contribution is -0.116. The molecular weight excluding hydrogens is 443 g/mol. The second kappa shape index (κ2) is 9.80. The van der Waals surface area contributed by atoms with Crippen LogP contribution in [0.3, 0.4) is 0 Å². The lowest BCUT2D eigenvalue weighted by atomic mass is 10.2. The van der Waals surface area contributed by atoms with Crippen molar-refractivity contribution in [2.24, 2.45) is 0 Å². The van der Waals surface area contributed by atoms with E-state index in [1.807, 2.05) is 29.6 Å². The molecule has 0 aliphatic heterocycles. The molecule has 3 rings (SSSR count). The van der Waals surface area contributed by atoms with Crippen molar-refractivity contribution in [2.45, 2.75) is 17.7 Å². The third-order valence-electron chi connectivity index (χ3n) is 3.59. The SMILES string of the molecule is O=C(CCCSc1ccc(Cl)cc1)Nc1nc(-c2cc(Cl)ccc2Cl)cs1. The average Bonchev–Trinajstić information content (AvgIpc) is 3.10. The first kappa shape index (κ1) is 20.5. The summed E-state index contributed by atoms with van der Waals surface area (Å²) in [6, 6.07) is 12.9. The quantitative estimate of drug-likeness (QED) is 0.299. The largest absolute Gasteiger partial charge is 0.302 e. The molecular formula is C19H15Cl3N2OS2. The maximum absolute atomic E-state index is 12.1. The number of aromatic nitrogens is 1. The van der Waals surface area contributed by atoms with Crippen LogP contribution in [0.25, 0.3) is 11.3 Å². The van der Waals surface area contributed by atoms with Crippen LogP contribution >= 0.6 is 57.9 Å². The smallest absolute Gasteiger partial charge is 0.226 e. The highest BCUT2D eigenvalue weighted by Gasteiger charge is 2.11. The minimum atomic E-state index is -0.0511. The van der Waals surface area contributed by atoms with Crippen molar-refractivity contribution in [3.8, 4) is 11.3 Å². The van der Waals surface area contributed by atoms with Crippen molar-refractivity contribution in [2.75, 3.05) is 11.1 Å². The van der Waals surface area contributed by atoms with Gasteiger partial charge in [-0.15, -0.1) is 23.1 Å². The van der Waals surface area contributed by atoms with Crippen LogP contribution in [-0.2, 0) is 4.79 Å². The number of nitrogens with one attached hydrogen (secondary N) is 1. The zero-order valence-electron chi connectivity index (χ0n) is 14.0. The Balaban J connectivity index is 1.48. The molecule has 1 N–H and O–H groups in total. The van der Waals surface area contributed by atoms with E-state index in [0.717, 1.165) is 27.7 Å². The highest BCUT2D eigenvalue weighted by Crippen LogP contribution is 2.32. The molecule has 0 fully saturated rings. The van der Waals surface area contributed by atoms with Gasteiger partial charge in [0.05, 0.1) is 10.7 Å². The number of halogens is 3. The van der Waals surface area contributed by atoms with Gasteiger partial charge in [-0.3, -0.25) is 4.79 Å². The van der Waals surface area contributed by atoms with E-state index in [-0.39, 0.29) is 5.91 Å². The Kier molecular flexibility index (Phi) is 7.44. The third kappa shape index (κ3) is 6.13. The molecule has 0 spiro atoms. The molecule has 0 saturated carbocycles. The van der Waals surface area contributed by atoms with E-state index in [0.29, 0.717) is 27.3 Å². The fourth-order valence-corrected chi connectivity index (χ4v) is 4.38. The second-order valence-electron chi connectivity index (χ2n) is 5.62. The molecule has 140 valence electrons. The van der Waals surface area contributed by atoms with Gasteiger partial charge >= 0.3 is 0 Å². The topological polar surface area (TPSA) is 42.0 Å². The number of hydrogen-bond acceptors (Lipinski definition) is 4. The van der Waals surface area contributed by atoms with Crippen molar-refractivity contribution in [3.05, 3.63) is 62.9 Å². The molecule has 27 heavy (non-hydrogen) atoms. The average molecular weight is 458 g/mol. The van der Waals surface area contributed by atoms with Crippen molar-refractivity contribution in [1.29, 1.82) is 0 Å². The number of nitrogens with zero attached hydrogens (tertiary/aromatic N) is 1. The molecule has 0 unspecified atom stereocenters. The molecule has 8 heteroatoms. The van der Waals surface area contributed by atoms with E-state index in [1.54, 1.807) is 30.0 Å². The summed E-state index contributed by atoms with van der Waals surface area (Å²) >= 11 is 21.2. The Labute approximate surface area is 181 Å². The molecule has 1 aromatic heterocycles. The van der Waals surface area contributed by atoms with Gasteiger partial charge < -0.3 is 5.32 Å². The van der Waals surface area contributed by atoms with Gasteiger partial charge in [0, 0.05) is 32.3 Å². The second-order valence-corrected chi connectivity index (χ2v) is 8.92. The molecule has 2 aromatic carbocycles. The van der Waals surface area contributed by atoms with Crippen molar-refractivity contribution >= 4 is 68.9 Å². The summed E-state index contributed by atoms with van der Waals surface area (Å²) in [6.45, 7) is 0. The Morgan fingerprint density at radius 2 is 1.81 bits per heavy atom. The van der Waals surface area contributed by atoms with Crippen LogP contribution in [-0.4, -0.2) is 16.6 Å². The van der Waals surface area contributed by atoms with Crippen LogP contribution in [0.1, 0.15) is 12.8 Å². The lowest BCUT2D eigenvalue weighted by Gasteiger charge is -2.03. The van der Waals surface area contributed by atoms with Gasteiger partial charge in [0.1, 0.15) is 0 Å². The summed E-state index contributed by atoms with van der Waals surface area (Å²) in [5, 5.41) is 7.12. The predicted octanol–water partition coefficient (Wildman–Crippen LogP) is 7.28. The molecule has 3 nitrogen and oxygen atoms in total. The normalized spacial score (nSPS) is 10.8. The molecule has 0 radical (unpaired) electrons. The Morgan fingerprint density at radius 3 is 2.59 bits per heavy atom. The Morgan fingerprint density at radius 1 is 1.07 bits per heavy atom. The van der Waals surface area contributed by atoms with Crippen molar-refractivity contribution < 1.29 is 4.79 Å².